The fraction of sp³-hybridized carbons (Fsp3) is 0.462. The van der Waals surface area contributed by atoms with Gasteiger partial charge in [0, 0.05) is 15.2 Å². The molecule has 0 aromatic heterocycles. The van der Waals surface area contributed by atoms with Crippen molar-refractivity contribution in [2.24, 2.45) is 5.41 Å². The number of hydrogen-bond donors (Lipinski definition) is 0. The van der Waals surface area contributed by atoms with Crippen LogP contribution in [0.2, 0.25) is 5.02 Å². The van der Waals surface area contributed by atoms with E-state index >= 15 is 0 Å². The number of halogens is 3. The van der Waals surface area contributed by atoms with E-state index in [1.54, 1.807) is 0 Å². The summed E-state index contributed by atoms with van der Waals surface area (Å²) >= 11 is 8.99. The molecule has 0 N–H and O–H groups in total. The number of hydrogen-bond acceptors (Lipinski definition) is 4. The Bertz CT molecular complexity index is 651. The highest BCUT2D eigenvalue weighted by Crippen LogP contribution is 2.31. The van der Waals surface area contributed by atoms with E-state index in [9.17, 15) is 13.2 Å². The van der Waals surface area contributed by atoms with Crippen LogP contribution < -0.4 is 0 Å². The van der Waals surface area contributed by atoms with Crippen LogP contribution in [-0.2, 0) is 13.8 Å². The van der Waals surface area contributed by atoms with Crippen molar-refractivity contribution in [3.63, 3.8) is 0 Å². The summed E-state index contributed by atoms with van der Waals surface area (Å²) in [6, 6.07) is 2.41. The first-order valence-electron chi connectivity index (χ1n) is 6.02. The lowest BCUT2D eigenvalue weighted by molar-refractivity contribution is 0.0465. The van der Waals surface area contributed by atoms with Gasteiger partial charge < -0.3 is 4.74 Å². The van der Waals surface area contributed by atoms with E-state index in [4.69, 9.17) is 27.0 Å². The first-order chi connectivity index (χ1) is 9.42. The van der Waals surface area contributed by atoms with Gasteiger partial charge in [-0.2, -0.15) is 0 Å². The predicted octanol–water partition coefficient (Wildman–Crippen LogP) is 4.62. The average Bonchev–Trinajstić information content (AvgIpc) is 2.24. The Morgan fingerprint density at radius 2 is 1.90 bits per heavy atom. The molecule has 118 valence electrons. The lowest BCUT2D eigenvalue weighted by atomic mass is 9.93. The Balaban J connectivity index is 3.00. The van der Waals surface area contributed by atoms with Gasteiger partial charge in [0.15, 0.2) is 0 Å². The molecule has 0 atom stereocenters. The third kappa shape index (κ3) is 5.77. The summed E-state index contributed by atoms with van der Waals surface area (Å²) in [5, 5.41) is 0.0895. The molecule has 0 bridgehead atoms. The smallest absolute Gasteiger partial charge is 0.339 e. The van der Waals surface area contributed by atoms with E-state index in [1.165, 1.54) is 6.07 Å². The number of carbonyl (C=O) groups excluding carboxylic acids is 1. The number of ether oxygens (including phenoxy) is 1. The number of rotatable bonds is 4. The fourth-order valence-electron chi connectivity index (χ4n) is 1.40. The second-order valence-corrected chi connectivity index (χ2v) is 9.44. The highest BCUT2D eigenvalue weighted by Gasteiger charge is 2.22. The van der Waals surface area contributed by atoms with Crippen molar-refractivity contribution in [2.45, 2.75) is 32.1 Å². The zero-order valence-electron chi connectivity index (χ0n) is 11.7. The van der Waals surface area contributed by atoms with Gasteiger partial charge in [0.2, 0.25) is 0 Å². The molecule has 0 amide bonds. The van der Waals surface area contributed by atoms with Gasteiger partial charge in [-0.05, 0) is 39.9 Å². The van der Waals surface area contributed by atoms with Crippen LogP contribution in [0.1, 0.15) is 37.6 Å². The summed E-state index contributed by atoms with van der Waals surface area (Å²) < 4.78 is 28.2. The molecule has 21 heavy (non-hydrogen) atoms. The molecule has 1 aromatic rings. The molecule has 0 heterocycles. The molecule has 1 aromatic carbocycles. The highest BCUT2D eigenvalue weighted by atomic mass is 79.9. The summed E-state index contributed by atoms with van der Waals surface area (Å²) in [5.74, 6) is -0.682. The van der Waals surface area contributed by atoms with Crippen LogP contribution in [0, 0.1) is 5.41 Å². The van der Waals surface area contributed by atoms with E-state index < -0.39 is 15.0 Å². The molecular formula is C13H15BrCl2O4S. The minimum absolute atomic E-state index is 0.0223. The van der Waals surface area contributed by atoms with Crippen LogP contribution in [0.25, 0.3) is 0 Å². The monoisotopic (exact) mass is 416 g/mol. The van der Waals surface area contributed by atoms with E-state index in [0.29, 0.717) is 6.42 Å². The maximum atomic E-state index is 12.0. The van der Waals surface area contributed by atoms with Crippen LogP contribution in [0.4, 0.5) is 0 Å². The highest BCUT2D eigenvalue weighted by molar-refractivity contribution is 9.10. The molecule has 0 unspecified atom stereocenters. The summed E-state index contributed by atoms with van der Waals surface area (Å²) in [6.07, 6.45) is 0.674. The summed E-state index contributed by atoms with van der Waals surface area (Å²) in [6.45, 7) is 6.28. The number of esters is 1. The van der Waals surface area contributed by atoms with Crippen molar-refractivity contribution in [1.29, 1.82) is 0 Å². The summed E-state index contributed by atoms with van der Waals surface area (Å²) in [7, 11) is 1.31. The zero-order chi connectivity index (χ0) is 16.4. The van der Waals surface area contributed by atoms with E-state index in [1.807, 2.05) is 20.8 Å². The summed E-state index contributed by atoms with van der Waals surface area (Å²) in [5.41, 5.74) is -0.0120. The van der Waals surface area contributed by atoms with E-state index in [2.05, 4.69) is 15.9 Å². The zero-order valence-corrected chi connectivity index (χ0v) is 15.7. The van der Waals surface area contributed by atoms with Crippen molar-refractivity contribution in [2.75, 3.05) is 6.61 Å². The minimum atomic E-state index is -3.99. The van der Waals surface area contributed by atoms with Crippen LogP contribution >= 0.6 is 38.2 Å². The third-order valence-corrected chi connectivity index (χ3v) is 5.18. The molecule has 0 radical (unpaired) electrons. The topological polar surface area (TPSA) is 60.4 Å². The molecule has 1 rings (SSSR count). The standard InChI is InChI=1S/C13H15BrCl2O4S/c1-13(2,3)4-5-20-12(17)8-6-11(21(16,18)19)9(14)7-10(8)15/h6-7H,4-5H2,1-3H3. The van der Waals surface area contributed by atoms with Crippen molar-refractivity contribution in [3.8, 4) is 0 Å². The van der Waals surface area contributed by atoms with Gasteiger partial charge in [0.05, 0.1) is 22.1 Å². The Morgan fingerprint density at radius 3 is 2.38 bits per heavy atom. The lowest BCUT2D eigenvalue weighted by Crippen LogP contribution is -2.14. The second kappa shape index (κ2) is 6.86. The molecule has 0 aliphatic carbocycles. The van der Waals surface area contributed by atoms with Crippen molar-refractivity contribution in [3.05, 3.63) is 27.2 Å². The molecule has 0 saturated heterocycles. The Morgan fingerprint density at radius 1 is 1.33 bits per heavy atom. The molecule has 4 nitrogen and oxygen atoms in total. The van der Waals surface area contributed by atoms with E-state index in [-0.39, 0.29) is 32.0 Å². The van der Waals surface area contributed by atoms with Crippen LogP contribution in [0.15, 0.2) is 21.5 Å². The molecule has 8 heteroatoms. The van der Waals surface area contributed by atoms with Gasteiger partial charge in [-0.1, -0.05) is 32.4 Å². The van der Waals surface area contributed by atoms with Gasteiger partial charge in [-0.25, -0.2) is 13.2 Å². The number of carbonyl (C=O) groups is 1. The van der Waals surface area contributed by atoms with Crippen molar-refractivity contribution < 1.29 is 17.9 Å². The van der Waals surface area contributed by atoms with Crippen LogP contribution in [-0.4, -0.2) is 21.0 Å². The van der Waals surface area contributed by atoms with Crippen LogP contribution in [0.3, 0.4) is 0 Å². The molecular weight excluding hydrogens is 403 g/mol. The molecule has 0 aliphatic rings. The lowest BCUT2D eigenvalue weighted by Gasteiger charge is -2.17. The van der Waals surface area contributed by atoms with Crippen molar-refractivity contribution in [1.82, 2.24) is 0 Å². The fourth-order valence-corrected chi connectivity index (χ4v) is 3.97. The molecule has 0 saturated carbocycles. The Hall–Kier alpha value is -0.300. The maximum Gasteiger partial charge on any atom is 0.339 e. The third-order valence-electron chi connectivity index (χ3n) is 2.59. The van der Waals surface area contributed by atoms with Crippen molar-refractivity contribution >= 4 is 53.2 Å². The normalized spacial score (nSPS) is 12.3. The van der Waals surface area contributed by atoms with Gasteiger partial charge in [0.25, 0.3) is 9.05 Å². The van der Waals surface area contributed by atoms with Crippen LogP contribution in [0.5, 0.6) is 0 Å². The average molecular weight is 418 g/mol. The minimum Gasteiger partial charge on any atom is -0.462 e. The number of benzene rings is 1. The molecule has 0 spiro atoms. The summed E-state index contributed by atoms with van der Waals surface area (Å²) in [4.78, 5) is 11.8. The SMILES string of the molecule is CC(C)(C)CCOC(=O)c1cc(S(=O)(=O)Cl)c(Br)cc1Cl. The largest absolute Gasteiger partial charge is 0.462 e. The Labute approximate surface area is 142 Å². The maximum absolute atomic E-state index is 12.0. The van der Waals surface area contributed by atoms with E-state index in [0.717, 1.165) is 6.07 Å². The second-order valence-electron chi connectivity index (χ2n) is 5.65. The van der Waals surface area contributed by atoms with Gasteiger partial charge in [-0.15, -0.1) is 0 Å². The van der Waals surface area contributed by atoms with Gasteiger partial charge >= 0.3 is 5.97 Å². The molecule has 0 aliphatic heterocycles. The Kier molecular flexibility index (Phi) is 6.12. The van der Waals surface area contributed by atoms with Gasteiger partial charge in [0.1, 0.15) is 0 Å². The predicted molar refractivity (Wildman–Crippen MR) is 86.5 cm³/mol. The first-order valence-corrected chi connectivity index (χ1v) is 9.51. The molecule has 0 fully saturated rings. The quantitative estimate of drug-likeness (QED) is 0.529. The first kappa shape index (κ1) is 18.7. The van der Waals surface area contributed by atoms with Gasteiger partial charge in [-0.3, -0.25) is 0 Å².